The molecule has 32 heavy (non-hydrogen) atoms. The number of ether oxygens (including phenoxy) is 3. The van der Waals surface area contributed by atoms with E-state index in [0.29, 0.717) is 24.5 Å². The predicted molar refractivity (Wildman–Crippen MR) is 125 cm³/mol. The number of rotatable bonds is 6. The van der Waals surface area contributed by atoms with E-state index in [0.717, 1.165) is 40.5 Å². The van der Waals surface area contributed by atoms with E-state index in [4.69, 9.17) is 18.6 Å². The molecule has 1 saturated heterocycles. The van der Waals surface area contributed by atoms with Crippen molar-refractivity contribution in [2.45, 2.75) is 31.7 Å². The van der Waals surface area contributed by atoms with Crippen LogP contribution in [0, 0.1) is 0 Å². The van der Waals surface area contributed by atoms with Gasteiger partial charge in [0.15, 0.2) is 0 Å². The highest BCUT2D eigenvalue weighted by atomic mass is 32.1. The standard InChI is InChI=1S/C26H24O5S/c1-28-20-7-9-29-24(12-20)18-4-2-3-17(11-18)15-30-21-5-6-22-23(19-8-10-32-16-19)14-26(27)31-25(22)13-21/h2-6,8,10-11,13-14,16,20,24H,7,9,12,15H2,1H3. The molecule has 0 amide bonds. The van der Waals surface area contributed by atoms with Crippen LogP contribution in [-0.4, -0.2) is 19.8 Å². The molecule has 1 fully saturated rings. The van der Waals surface area contributed by atoms with Crippen LogP contribution in [0.4, 0.5) is 0 Å². The fourth-order valence-electron chi connectivity index (χ4n) is 4.15. The number of benzene rings is 2. The van der Waals surface area contributed by atoms with Gasteiger partial charge in [-0.15, -0.1) is 0 Å². The maximum atomic E-state index is 12.1. The molecule has 0 aliphatic carbocycles. The Morgan fingerprint density at radius 1 is 1.12 bits per heavy atom. The molecule has 1 aliphatic rings. The molecule has 5 rings (SSSR count). The van der Waals surface area contributed by atoms with E-state index in [1.165, 1.54) is 6.07 Å². The molecule has 2 aromatic heterocycles. The molecule has 2 atom stereocenters. The summed E-state index contributed by atoms with van der Waals surface area (Å²) in [5.74, 6) is 0.655. The van der Waals surface area contributed by atoms with Crippen molar-refractivity contribution < 1.29 is 18.6 Å². The monoisotopic (exact) mass is 448 g/mol. The Morgan fingerprint density at radius 3 is 2.91 bits per heavy atom. The molecule has 2 unspecified atom stereocenters. The molecule has 164 valence electrons. The number of hydrogen-bond acceptors (Lipinski definition) is 6. The lowest BCUT2D eigenvalue weighted by molar-refractivity contribution is -0.0599. The van der Waals surface area contributed by atoms with E-state index in [1.807, 2.05) is 41.1 Å². The van der Waals surface area contributed by atoms with E-state index in [2.05, 4.69) is 12.1 Å². The van der Waals surface area contributed by atoms with Gasteiger partial charge in [-0.2, -0.15) is 11.3 Å². The highest BCUT2D eigenvalue weighted by molar-refractivity contribution is 7.08. The zero-order valence-corrected chi connectivity index (χ0v) is 18.6. The van der Waals surface area contributed by atoms with E-state index in [1.54, 1.807) is 24.5 Å². The first-order valence-corrected chi connectivity index (χ1v) is 11.6. The minimum Gasteiger partial charge on any atom is -0.489 e. The number of thiophene rings is 1. The maximum Gasteiger partial charge on any atom is 0.336 e. The summed E-state index contributed by atoms with van der Waals surface area (Å²) in [5.41, 5.74) is 4.23. The van der Waals surface area contributed by atoms with Crippen molar-refractivity contribution in [3.05, 3.63) is 86.9 Å². The van der Waals surface area contributed by atoms with E-state index in [9.17, 15) is 4.79 Å². The smallest absolute Gasteiger partial charge is 0.336 e. The zero-order chi connectivity index (χ0) is 21.9. The second kappa shape index (κ2) is 9.28. The summed E-state index contributed by atoms with van der Waals surface area (Å²) in [5, 5.41) is 4.91. The Bertz CT molecular complexity index is 1260. The average molecular weight is 449 g/mol. The molecule has 4 aromatic rings. The summed E-state index contributed by atoms with van der Waals surface area (Å²) < 4.78 is 23.0. The van der Waals surface area contributed by atoms with Crippen molar-refractivity contribution in [3.8, 4) is 16.9 Å². The summed E-state index contributed by atoms with van der Waals surface area (Å²) in [6, 6.07) is 17.5. The van der Waals surface area contributed by atoms with Gasteiger partial charge < -0.3 is 18.6 Å². The Hall–Kier alpha value is -2.93. The fourth-order valence-corrected chi connectivity index (χ4v) is 4.81. The molecule has 2 aromatic carbocycles. The van der Waals surface area contributed by atoms with Crippen molar-refractivity contribution in [1.29, 1.82) is 0 Å². The first-order chi connectivity index (χ1) is 15.7. The van der Waals surface area contributed by atoms with Gasteiger partial charge in [0.1, 0.15) is 17.9 Å². The Kier molecular flexibility index (Phi) is 6.08. The lowest BCUT2D eigenvalue weighted by atomic mass is 9.98. The van der Waals surface area contributed by atoms with E-state index >= 15 is 0 Å². The van der Waals surface area contributed by atoms with Gasteiger partial charge in [0.05, 0.1) is 12.2 Å². The van der Waals surface area contributed by atoms with Crippen LogP contribution < -0.4 is 10.4 Å². The van der Waals surface area contributed by atoms with E-state index < -0.39 is 0 Å². The fraction of sp³-hybridized carbons (Fsp3) is 0.269. The zero-order valence-electron chi connectivity index (χ0n) is 17.8. The van der Waals surface area contributed by atoms with Gasteiger partial charge in [-0.1, -0.05) is 18.2 Å². The van der Waals surface area contributed by atoms with Crippen LogP contribution in [0.15, 0.2) is 74.6 Å². The molecule has 3 heterocycles. The Labute approximate surface area is 190 Å². The van der Waals surface area contributed by atoms with Crippen molar-refractivity contribution in [3.63, 3.8) is 0 Å². The van der Waals surface area contributed by atoms with Crippen LogP contribution in [0.1, 0.15) is 30.1 Å². The second-order valence-electron chi connectivity index (χ2n) is 7.92. The van der Waals surface area contributed by atoms with Crippen molar-refractivity contribution in [1.82, 2.24) is 0 Å². The molecule has 0 N–H and O–H groups in total. The highest BCUT2D eigenvalue weighted by Crippen LogP contribution is 2.32. The first-order valence-electron chi connectivity index (χ1n) is 10.7. The lowest BCUT2D eigenvalue weighted by Gasteiger charge is -2.29. The van der Waals surface area contributed by atoms with Crippen LogP contribution in [0.5, 0.6) is 5.75 Å². The van der Waals surface area contributed by atoms with Gasteiger partial charge in [-0.3, -0.25) is 0 Å². The van der Waals surface area contributed by atoms with Gasteiger partial charge >= 0.3 is 5.63 Å². The number of methoxy groups -OCH3 is 1. The van der Waals surface area contributed by atoms with Crippen LogP contribution in [0.25, 0.3) is 22.1 Å². The number of hydrogen-bond donors (Lipinski definition) is 0. The predicted octanol–water partition coefficient (Wildman–Crippen LogP) is 5.97. The van der Waals surface area contributed by atoms with Crippen molar-refractivity contribution in [2.24, 2.45) is 0 Å². The van der Waals surface area contributed by atoms with Crippen LogP contribution in [-0.2, 0) is 16.1 Å². The topological polar surface area (TPSA) is 57.9 Å². The first kappa shape index (κ1) is 20.9. The third-order valence-electron chi connectivity index (χ3n) is 5.85. The molecule has 0 radical (unpaired) electrons. The molecule has 6 heteroatoms. The average Bonchev–Trinajstić information content (AvgIpc) is 3.37. The Morgan fingerprint density at radius 2 is 2.06 bits per heavy atom. The van der Waals surface area contributed by atoms with Crippen molar-refractivity contribution in [2.75, 3.05) is 13.7 Å². The molecular formula is C26H24O5S. The summed E-state index contributed by atoms with van der Waals surface area (Å²) in [4.78, 5) is 12.1. The van der Waals surface area contributed by atoms with Crippen LogP contribution >= 0.6 is 11.3 Å². The van der Waals surface area contributed by atoms with Gasteiger partial charge in [0, 0.05) is 43.2 Å². The lowest BCUT2D eigenvalue weighted by Crippen LogP contribution is -2.25. The van der Waals surface area contributed by atoms with Gasteiger partial charge in [-0.25, -0.2) is 4.79 Å². The molecule has 0 bridgehead atoms. The normalized spacial score (nSPS) is 18.7. The molecule has 1 aliphatic heterocycles. The minimum atomic E-state index is -0.370. The van der Waals surface area contributed by atoms with E-state index in [-0.39, 0.29) is 17.8 Å². The van der Waals surface area contributed by atoms with Gasteiger partial charge in [0.25, 0.3) is 0 Å². The number of fused-ring (bicyclic) bond motifs is 1. The SMILES string of the molecule is COC1CCOC(c2cccc(COc3ccc4c(-c5ccsc5)cc(=O)oc4c3)c2)C1. The van der Waals surface area contributed by atoms with Crippen LogP contribution in [0.2, 0.25) is 0 Å². The molecule has 5 nitrogen and oxygen atoms in total. The third kappa shape index (κ3) is 4.48. The maximum absolute atomic E-state index is 12.1. The summed E-state index contributed by atoms with van der Waals surface area (Å²) in [7, 11) is 1.76. The Balaban J connectivity index is 1.34. The molecular weight excluding hydrogens is 424 g/mol. The minimum absolute atomic E-state index is 0.0409. The van der Waals surface area contributed by atoms with Crippen LogP contribution in [0.3, 0.4) is 0 Å². The largest absolute Gasteiger partial charge is 0.489 e. The third-order valence-corrected chi connectivity index (χ3v) is 6.53. The molecule has 0 spiro atoms. The second-order valence-corrected chi connectivity index (χ2v) is 8.70. The quantitative estimate of drug-likeness (QED) is 0.340. The summed E-state index contributed by atoms with van der Waals surface area (Å²) in [6.07, 6.45) is 2.07. The van der Waals surface area contributed by atoms with Crippen molar-refractivity contribution >= 4 is 22.3 Å². The van der Waals surface area contributed by atoms with Gasteiger partial charge in [0.2, 0.25) is 0 Å². The summed E-state index contributed by atoms with van der Waals surface area (Å²) in [6.45, 7) is 1.12. The molecule has 0 saturated carbocycles. The summed E-state index contributed by atoms with van der Waals surface area (Å²) >= 11 is 1.60. The highest BCUT2D eigenvalue weighted by Gasteiger charge is 2.23. The van der Waals surface area contributed by atoms with Gasteiger partial charge in [-0.05, 0) is 58.1 Å².